The van der Waals surface area contributed by atoms with E-state index in [0.717, 1.165) is 12.8 Å². The molecule has 0 saturated carbocycles. The van der Waals surface area contributed by atoms with Crippen molar-refractivity contribution in [3.63, 3.8) is 0 Å². The van der Waals surface area contributed by atoms with E-state index in [1.54, 1.807) is 49.8 Å². The molecule has 1 aliphatic heterocycles. The summed E-state index contributed by atoms with van der Waals surface area (Å²) < 4.78 is 15.6. The fourth-order valence-electron chi connectivity index (χ4n) is 3.32. The number of ether oxygens (including phenoxy) is 2. The number of carbonyl (C=O) groups is 2. The van der Waals surface area contributed by atoms with Gasteiger partial charge in [0.2, 0.25) is 5.91 Å². The zero-order valence-corrected chi connectivity index (χ0v) is 16.7. The number of carbonyl (C=O) groups excluding carboxylic acids is 2. The maximum atomic E-state index is 12.5. The summed E-state index contributed by atoms with van der Waals surface area (Å²) in [5, 5.41) is 2.98. The van der Waals surface area contributed by atoms with Gasteiger partial charge in [0.1, 0.15) is 17.3 Å². The van der Waals surface area contributed by atoms with Crippen molar-refractivity contribution in [1.29, 1.82) is 0 Å². The molecule has 7 nitrogen and oxygen atoms in total. The van der Waals surface area contributed by atoms with E-state index in [2.05, 4.69) is 5.32 Å². The van der Waals surface area contributed by atoms with Gasteiger partial charge in [-0.3, -0.25) is 9.59 Å². The summed E-state index contributed by atoms with van der Waals surface area (Å²) in [5.41, 5.74) is 0.476. The van der Waals surface area contributed by atoms with Gasteiger partial charge in [0.15, 0.2) is 0 Å². The van der Waals surface area contributed by atoms with Crippen LogP contribution in [0.4, 0.5) is 0 Å². The molecule has 3 rings (SSSR count). The van der Waals surface area contributed by atoms with Crippen molar-refractivity contribution >= 4 is 17.9 Å². The molecule has 1 aliphatic rings. The summed E-state index contributed by atoms with van der Waals surface area (Å²) in [7, 11) is 3.09. The summed E-state index contributed by atoms with van der Waals surface area (Å²) in [6.07, 6.45) is 6.49. The van der Waals surface area contributed by atoms with E-state index in [-0.39, 0.29) is 11.8 Å². The first-order valence-corrected chi connectivity index (χ1v) is 9.61. The van der Waals surface area contributed by atoms with Crippen molar-refractivity contribution < 1.29 is 23.5 Å². The fourth-order valence-corrected chi connectivity index (χ4v) is 3.32. The van der Waals surface area contributed by atoms with Gasteiger partial charge in [0.25, 0.3) is 5.91 Å². The third-order valence-electron chi connectivity index (χ3n) is 5.06. The Bertz CT molecular complexity index is 852. The van der Waals surface area contributed by atoms with Crippen molar-refractivity contribution in [2.75, 3.05) is 33.9 Å². The average molecular weight is 398 g/mol. The molecule has 1 aromatic heterocycles. The van der Waals surface area contributed by atoms with E-state index in [1.165, 1.54) is 13.2 Å². The first-order valence-electron chi connectivity index (χ1n) is 9.61. The highest BCUT2D eigenvalue weighted by Crippen LogP contribution is 2.25. The van der Waals surface area contributed by atoms with E-state index in [4.69, 9.17) is 13.9 Å². The molecule has 0 unspecified atom stereocenters. The third kappa shape index (κ3) is 5.40. The van der Waals surface area contributed by atoms with Crippen LogP contribution >= 0.6 is 0 Å². The normalized spacial score (nSPS) is 14.8. The number of hydrogen-bond acceptors (Lipinski definition) is 5. The minimum Gasteiger partial charge on any atom is -0.497 e. The lowest BCUT2D eigenvalue weighted by Gasteiger charge is -2.31. The van der Waals surface area contributed by atoms with Crippen LogP contribution in [-0.2, 0) is 4.79 Å². The minimum absolute atomic E-state index is 0.0214. The summed E-state index contributed by atoms with van der Waals surface area (Å²) >= 11 is 0. The van der Waals surface area contributed by atoms with Crippen LogP contribution in [0.15, 0.2) is 47.1 Å². The van der Waals surface area contributed by atoms with E-state index >= 15 is 0 Å². The third-order valence-corrected chi connectivity index (χ3v) is 5.06. The number of piperidine rings is 1. The number of nitrogens with one attached hydrogen (secondary N) is 1. The predicted octanol–water partition coefficient (Wildman–Crippen LogP) is 2.98. The quantitative estimate of drug-likeness (QED) is 0.725. The van der Waals surface area contributed by atoms with Crippen LogP contribution in [0.1, 0.15) is 29.0 Å². The molecule has 1 N–H and O–H groups in total. The van der Waals surface area contributed by atoms with E-state index in [0.29, 0.717) is 48.4 Å². The number of likely N-dealkylation sites (tertiary alicyclic amines) is 1. The smallest absolute Gasteiger partial charge is 0.255 e. The molecule has 0 radical (unpaired) electrons. The first kappa shape index (κ1) is 20.5. The second-order valence-corrected chi connectivity index (χ2v) is 6.89. The fraction of sp³-hybridized carbons (Fsp3) is 0.364. The Balaban J connectivity index is 1.46. The Hall–Kier alpha value is -3.22. The molecule has 0 bridgehead atoms. The molecule has 0 spiro atoms. The molecule has 1 saturated heterocycles. The molecular formula is C22H26N2O5. The van der Waals surface area contributed by atoms with E-state index in [1.807, 2.05) is 4.90 Å². The Morgan fingerprint density at radius 2 is 2.00 bits per heavy atom. The number of amides is 2. The molecule has 154 valence electrons. The van der Waals surface area contributed by atoms with Crippen LogP contribution in [0.25, 0.3) is 6.08 Å². The van der Waals surface area contributed by atoms with Gasteiger partial charge < -0.3 is 24.1 Å². The number of furan rings is 1. The molecular weight excluding hydrogens is 372 g/mol. The summed E-state index contributed by atoms with van der Waals surface area (Å²) in [5.74, 6) is 1.91. The second-order valence-electron chi connectivity index (χ2n) is 6.89. The molecule has 29 heavy (non-hydrogen) atoms. The van der Waals surface area contributed by atoms with Crippen LogP contribution in [0.2, 0.25) is 0 Å². The van der Waals surface area contributed by atoms with Crippen molar-refractivity contribution in [1.82, 2.24) is 10.2 Å². The van der Waals surface area contributed by atoms with Gasteiger partial charge >= 0.3 is 0 Å². The van der Waals surface area contributed by atoms with E-state index < -0.39 is 0 Å². The first-order chi connectivity index (χ1) is 14.1. The van der Waals surface area contributed by atoms with Gasteiger partial charge in [0, 0.05) is 31.8 Å². The van der Waals surface area contributed by atoms with Crippen LogP contribution in [-0.4, -0.2) is 50.6 Å². The molecule has 0 atom stereocenters. The van der Waals surface area contributed by atoms with Gasteiger partial charge in [-0.15, -0.1) is 0 Å². The largest absolute Gasteiger partial charge is 0.497 e. The van der Waals surface area contributed by atoms with Crippen molar-refractivity contribution in [2.45, 2.75) is 12.8 Å². The average Bonchev–Trinajstić information content (AvgIpc) is 3.29. The maximum Gasteiger partial charge on any atom is 0.255 e. The van der Waals surface area contributed by atoms with Crippen LogP contribution in [0.5, 0.6) is 11.5 Å². The molecule has 2 aromatic rings. The lowest BCUT2D eigenvalue weighted by molar-refractivity contribution is -0.127. The Kier molecular flexibility index (Phi) is 6.94. The van der Waals surface area contributed by atoms with Crippen molar-refractivity contribution in [3.05, 3.63) is 54.0 Å². The highest BCUT2D eigenvalue weighted by molar-refractivity contribution is 5.97. The lowest BCUT2D eigenvalue weighted by atomic mass is 9.96. The predicted molar refractivity (Wildman–Crippen MR) is 109 cm³/mol. The van der Waals surface area contributed by atoms with Gasteiger partial charge in [-0.25, -0.2) is 0 Å². The molecule has 1 fully saturated rings. The van der Waals surface area contributed by atoms with Crippen LogP contribution in [0.3, 0.4) is 0 Å². The number of hydrogen-bond donors (Lipinski definition) is 1. The molecule has 7 heteroatoms. The summed E-state index contributed by atoms with van der Waals surface area (Å²) in [6, 6.07) is 8.70. The van der Waals surface area contributed by atoms with Gasteiger partial charge in [-0.05, 0) is 49.1 Å². The Morgan fingerprint density at radius 3 is 2.66 bits per heavy atom. The Morgan fingerprint density at radius 1 is 1.21 bits per heavy atom. The Labute approximate surface area is 170 Å². The SMILES string of the molecule is COc1ccc(C(=O)NCC2CCN(C(=O)/C=C/c3ccco3)CC2)c(OC)c1. The minimum atomic E-state index is -0.176. The van der Waals surface area contributed by atoms with Gasteiger partial charge in [0.05, 0.1) is 26.0 Å². The molecule has 0 aliphatic carbocycles. The maximum absolute atomic E-state index is 12.5. The van der Waals surface area contributed by atoms with Gasteiger partial charge in [-0.2, -0.15) is 0 Å². The highest BCUT2D eigenvalue weighted by Gasteiger charge is 2.22. The summed E-state index contributed by atoms with van der Waals surface area (Å²) in [4.78, 5) is 26.6. The number of nitrogens with zero attached hydrogens (tertiary/aromatic N) is 1. The molecule has 2 amide bonds. The van der Waals surface area contributed by atoms with Crippen LogP contribution < -0.4 is 14.8 Å². The van der Waals surface area contributed by atoms with E-state index in [9.17, 15) is 9.59 Å². The zero-order valence-electron chi connectivity index (χ0n) is 16.7. The molecule has 1 aromatic carbocycles. The topological polar surface area (TPSA) is 81.0 Å². The summed E-state index contributed by atoms with van der Waals surface area (Å²) in [6.45, 7) is 1.92. The number of benzene rings is 1. The zero-order chi connectivity index (χ0) is 20.6. The monoisotopic (exact) mass is 398 g/mol. The van der Waals surface area contributed by atoms with Crippen molar-refractivity contribution in [2.24, 2.45) is 5.92 Å². The molecule has 2 heterocycles. The standard InChI is InChI=1S/C22H26N2O5/c1-27-18-5-7-19(20(14-18)28-2)22(26)23-15-16-9-11-24(12-10-16)21(25)8-6-17-4-3-13-29-17/h3-8,13-14,16H,9-12,15H2,1-2H3,(H,23,26)/b8-6+. The van der Waals surface area contributed by atoms with Crippen LogP contribution in [0, 0.1) is 5.92 Å². The number of rotatable bonds is 7. The lowest BCUT2D eigenvalue weighted by Crippen LogP contribution is -2.41. The highest BCUT2D eigenvalue weighted by atomic mass is 16.5. The number of methoxy groups -OCH3 is 2. The van der Waals surface area contributed by atoms with Gasteiger partial charge in [-0.1, -0.05) is 0 Å². The van der Waals surface area contributed by atoms with Crippen molar-refractivity contribution in [3.8, 4) is 11.5 Å². The second kappa shape index (κ2) is 9.82.